The number of amides is 1. The number of ether oxygens (including phenoxy) is 1. The van der Waals surface area contributed by atoms with Crippen molar-refractivity contribution in [3.8, 4) is 11.8 Å². The average Bonchev–Trinajstić information content (AvgIpc) is 3.54. The largest absolute Gasteiger partial charge is 0.450 e. The molecule has 1 saturated heterocycles. The van der Waals surface area contributed by atoms with Crippen LogP contribution in [0.2, 0.25) is 0 Å². The predicted octanol–water partition coefficient (Wildman–Crippen LogP) is 2.61. The Morgan fingerprint density at radius 2 is 2.20 bits per heavy atom. The van der Waals surface area contributed by atoms with Crippen molar-refractivity contribution in [3.05, 3.63) is 53.8 Å². The molecule has 3 heterocycles. The minimum atomic E-state index is -0.452. The Labute approximate surface area is 176 Å². The molecular formula is C20H18N6O3S. The first-order chi connectivity index (χ1) is 14.7. The lowest BCUT2D eigenvalue weighted by atomic mass is 10.2. The molecule has 1 aliphatic rings. The van der Waals surface area contributed by atoms with Gasteiger partial charge in [-0.05, 0) is 59.3 Å². The highest BCUT2D eigenvalue weighted by atomic mass is 32.2. The molecule has 1 atom stereocenters. The van der Waals surface area contributed by atoms with Crippen LogP contribution in [0.5, 0.6) is 0 Å². The summed E-state index contributed by atoms with van der Waals surface area (Å²) in [7, 11) is 0. The van der Waals surface area contributed by atoms with Crippen LogP contribution in [-0.2, 0) is 9.53 Å². The summed E-state index contributed by atoms with van der Waals surface area (Å²) in [6, 6.07) is 14.8. The SMILES string of the molecule is N#C/C(=C\c1ccc(Sc2nnnn2-c2ccccc2)o1)C(=O)NC[C@H]1CCCO1. The van der Waals surface area contributed by atoms with Gasteiger partial charge in [0.1, 0.15) is 17.4 Å². The smallest absolute Gasteiger partial charge is 0.262 e. The van der Waals surface area contributed by atoms with E-state index in [1.165, 1.54) is 17.8 Å². The van der Waals surface area contributed by atoms with Crippen LogP contribution in [0.25, 0.3) is 11.8 Å². The van der Waals surface area contributed by atoms with Gasteiger partial charge in [-0.25, -0.2) is 0 Å². The molecule has 1 aliphatic heterocycles. The molecule has 1 N–H and O–H groups in total. The highest BCUT2D eigenvalue weighted by Crippen LogP contribution is 2.29. The molecule has 0 aliphatic carbocycles. The van der Waals surface area contributed by atoms with E-state index in [2.05, 4.69) is 20.8 Å². The fraction of sp³-hybridized carbons (Fsp3) is 0.250. The summed E-state index contributed by atoms with van der Waals surface area (Å²) < 4.78 is 12.8. The van der Waals surface area contributed by atoms with E-state index in [0.29, 0.717) is 29.2 Å². The van der Waals surface area contributed by atoms with Crippen LogP contribution in [0.1, 0.15) is 18.6 Å². The van der Waals surface area contributed by atoms with Gasteiger partial charge in [0.05, 0.1) is 11.8 Å². The number of carbonyl (C=O) groups excluding carboxylic acids is 1. The molecule has 4 rings (SSSR count). The van der Waals surface area contributed by atoms with Gasteiger partial charge in [-0.15, -0.1) is 5.10 Å². The van der Waals surface area contributed by atoms with Crippen LogP contribution in [0, 0.1) is 11.3 Å². The highest BCUT2D eigenvalue weighted by molar-refractivity contribution is 7.99. The van der Waals surface area contributed by atoms with Crippen molar-refractivity contribution in [1.29, 1.82) is 5.26 Å². The van der Waals surface area contributed by atoms with Gasteiger partial charge in [0.25, 0.3) is 5.91 Å². The maximum atomic E-state index is 12.3. The van der Waals surface area contributed by atoms with Crippen molar-refractivity contribution in [3.63, 3.8) is 0 Å². The Hall–Kier alpha value is -3.42. The Bertz CT molecular complexity index is 1080. The fourth-order valence-electron chi connectivity index (χ4n) is 2.93. The summed E-state index contributed by atoms with van der Waals surface area (Å²) in [5.41, 5.74) is 0.791. The van der Waals surface area contributed by atoms with Crippen LogP contribution in [0.3, 0.4) is 0 Å². The van der Waals surface area contributed by atoms with E-state index in [1.54, 1.807) is 16.8 Å². The molecule has 1 amide bonds. The van der Waals surface area contributed by atoms with Crippen LogP contribution >= 0.6 is 11.8 Å². The van der Waals surface area contributed by atoms with Gasteiger partial charge in [0, 0.05) is 19.2 Å². The summed E-state index contributed by atoms with van der Waals surface area (Å²) in [5, 5.41) is 24.9. The third kappa shape index (κ3) is 4.76. The van der Waals surface area contributed by atoms with Crippen molar-refractivity contribution in [2.45, 2.75) is 29.2 Å². The zero-order chi connectivity index (χ0) is 20.8. The van der Waals surface area contributed by atoms with Crippen molar-refractivity contribution in [2.75, 3.05) is 13.2 Å². The normalized spacial score (nSPS) is 16.4. The van der Waals surface area contributed by atoms with E-state index in [1.807, 2.05) is 36.4 Å². The monoisotopic (exact) mass is 422 g/mol. The molecule has 0 radical (unpaired) electrons. The number of nitrogens with zero attached hydrogens (tertiary/aromatic N) is 5. The first-order valence-electron chi connectivity index (χ1n) is 9.36. The maximum Gasteiger partial charge on any atom is 0.262 e. The second-order valence-electron chi connectivity index (χ2n) is 6.48. The van der Waals surface area contributed by atoms with Crippen LogP contribution in [0.4, 0.5) is 0 Å². The first kappa shape index (κ1) is 19.9. The number of nitrogens with one attached hydrogen (secondary N) is 1. The average molecular weight is 422 g/mol. The summed E-state index contributed by atoms with van der Waals surface area (Å²) in [6.45, 7) is 1.10. The molecule has 10 heteroatoms. The standard InChI is InChI=1S/C20H18N6O3S/c21-12-14(19(27)22-13-17-7-4-10-28-17)11-16-8-9-18(29-16)30-20-23-24-25-26(20)15-5-2-1-3-6-15/h1-3,5-6,8-9,11,17H,4,7,10,13H2,(H,22,27)/b14-11+/t17-/m1/s1. The highest BCUT2D eigenvalue weighted by Gasteiger charge is 2.18. The molecule has 30 heavy (non-hydrogen) atoms. The molecule has 1 aromatic carbocycles. The lowest BCUT2D eigenvalue weighted by Gasteiger charge is -2.09. The predicted molar refractivity (Wildman–Crippen MR) is 108 cm³/mol. The van der Waals surface area contributed by atoms with E-state index in [-0.39, 0.29) is 11.7 Å². The summed E-state index contributed by atoms with van der Waals surface area (Å²) in [5.74, 6) is -0.0633. The van der Waals surface area contributed by atoms with Gasteiger partial charge < -0.3 is 14.5 Å². The fourth-order valence-corrected chi connectivity index (χ4v) is 3.69. The number of aromatic nitrogens is 4. The zero-order valence-corrected chi connectivity index (χ0v) is 16.7. The van der Waals surface area contributed by atoms with Crippen LogP contribution < -0.4 is 5.32 Å². The summed E-state index contributed by atoms with van der Waals surface area (Å²) in [6.07, 6.45) is 3.32. The lowest BCUT2D eigenvalue weighted by molar-refractivity contribution is -0.117. The minimum absolute atomic E-state index is 0.0103. The number of para-hydroxylation sites is 1. The summed E-state index contributed by atoms with van der Waals surface area (Å²) in [4.78, 5) is 12.3. The molecule has 0 bridgehead atoms. The molecule has 9 nitrogen and oxygen atoms in total. The molecule has 0 unspecified atom stereocenters. The molecular weight excluding hydrogens is 404 g/mol. The number of hydrogen-bond donors (Lipinski definition) is 1. The number of carbonyl (C=O) groups is 1. The third-order valence-electron chi connectivity index (χ3n) is 4.40. The maximum absolute atomic E-state index is 12.3. The zero-order valence-electron chi connectivity index (χ0n) is 15.9. The van der Waals surface area contributed by atoms with E-state index >= 15 is 0 Å². The third-order valence-corrected chi connectivity index (χ3v) is 5.26. The van der Waals surface area contributed by atoms with Gasteiger partial charge in [0.15, 0.2) is 5.09 Å². The Kier molecular flexibility index (Phi) is 6.22. The van der Waals surface area contributed by atoms with E-state index < -0.39 is 5.91 Å². The van der Waals surface area contributed by atoms with Gasteiger partial charge in [-0.2, -0.15) is 9.94 Å². The number of nitriles is 1. The Morgan fingerprint density at radius 1 is 1.33 bits per heavy atom. The quantitative estimate of drug-likeness (QED) is 0.456. The minimum Gasteiger partial charge on any atom is -0.450 e. The van der Waals surface area contributed by atoms with Gasteiger partial charge in [0.2, 0.25) is 5.16 Å². The van der Waals surface area contributed by atoms with Gasteiger partial charge in [-0.1, -0.05) is 18.2 Å². The summed E-state index contributed by atoms with van der Waals surface area (Å²) >= 11 is 1.24. The topological polar surface area (TPSA) is 119 Å². The number of benzene rings is 1. The van der Waals surface area contributed by atoms with E-state index in [9.17, 15) is 10.1 Å². The molecule has 0 saturated carbocycles. The number of tetrazole rings is 1. The van der Waals surface area contributed by atoms with Crippen molar-refractivity contribution >= 4 is 23.7 Å². The van der Waals surface area contributed by atoms with Gasteiger partial charge >= 0.3 is 0 Å². The van der Waals surface area contributed by atoms with Crippen molar-refractivity contribution in [1.82, 2.24) is 25.5 Å². The Balaban J connectivity index is 1.43. The first-order valence-corrected chi connectivity index (χ1v) is 10.2. The molecule has 3 aromatic rings. The number of furan rings is 1. The molecule has 2 aromatic heterocycles. The van der Waals surface area contributed by atoms with Crippen molar-refractivity contribution < 1.29 is 13.9 Å². The second kappa shape index (κ2) is 9.39. The molecule has 152 valence electrons. The van der Waals surface area contributed by atoms with Gasteiger partial charge in [-0.3, -0.25) is 4.79 Å². The van der Waals surface area contributed by atoms with E-state index in [0.717, 1.165) is 18.5 Å². The Morgan fingerprint density at radius 3 is 2.97 bits per heavy atom. The van der Waals surface area contributed by atoms with Crippen LogP contribution in [-0.4, -0.2) is 45.4 Å². The number of hydrogen-bond acceptors (Lipinski definition) is 8. The van der Waals surface area contributed by atoms with Crippen molar-refractivity contribution in [2.24, 2.45) is 0 Å². The second-order valence-corrected chi connectivity index (χ2v) is 7.45. The van der Waals surface area contributed by atoms with Crippen LogP contribution in [0.15, 0.2) is 62.7 Å². The lowest BCUT2D eigenvalue weighted by Crippen LogP contribution is -2.32. The molecule has 0 spiro atoms. The van der Waals surface area contributed by atoms with E-state index in [4.69, 9.17) is 9.15 Å². The number of rotatable bonds is 7. The molecule has 1 fully saturated rings.